The van der Waals surface area contributed by atoms with Crippen molar-refractivity contribution in [2.45, 2.75) is 58.8 Å². The predicted octanol–water partition coefficient (Wildman–Crippen LogP) is 4.71. The number of nitrogens with one attached hydrogen (secondary N) is 1. The smallest absolute Gasteiger partial charge is 0.137 e. The van der Waals surface area contributed by atoms with Crippen LogP contribution >= 0.6 is 11.6 Å². The van der Waals surface area contributed by atoms with Gasteiger partial charge in [-0.25, -0.2) is 9.97 Å². The van der Waals surface area contributed by atoms with Crippen LogP contribution in [0.3, 0.4) is 0 Å². The van der Waals surface area contributed by atoms with Crippen LogP contribution in [0.4, 0.5) is 5.82 Å². The lowest BCUT2D eigenvalue weighted by Gasteiger charge is -2.26. The number of hydrogen-bond donors (Lipinski definition) is 1. The first-order valence-electron chi connectivity index (χ1n) is 7.94. The van der Waals surface area contributed by atoms with Crippen LogP contribution in [-0.4, -0.2) is 16.5 Å². The molecule has 0 bridgehead atoms. The SMILES string of the molecule is CCCc1c(Cl)ncnc1NCCC1CCCC(C)C1. The molecule has 0 spiro atoms. The van der Waals surface area contributed by atoms with E-state index in [-0.39, 0.29) is 0 Å². The molecule has 1 N–H and O–H groups in total. The first kappa shape index (κ1) is 15.6. The molecule has 0 saturated heterocycles. The molecule has 112 valence electrons. The quantitative estimate of drug-likeness (QED) is 0.772. The van der Waals surface area contributed by atoms with E-state index in [1.54, 1.807) is 6.33 Å². The highest BCUT2D eigenvalue weighted by atomic mass is 35.5. The minimum atomic E-state index is 0.593. The molecule has 20 heavy (non-hydrogen) atoms. The normalized spacial score (nSPS) is 22.8. The topological polar surface area (TPSA) is 37.8 Å². The molecule has 0 radical (unpaired) electrons. The van der Waals surface area contributed by atoms with Crippen molar-refractivity contribution in [3.05, 3.63) is 17.0 Å². The summed E-state index contributed by atoms with van der Waals surface area (Å²) in [7, 11) is 0. The second-order valence-corrected chi connectivity index (χ2v) is 6.45. The van der Waals surface area contributed by atoms with Crippen molar-refractivity contribution in [2.24, 2.45) is 11.8 Å². The van der Waals surface area contributed by atoms with Gasteiger partial charge in [-0.15, -0.1) is 0 Å². The van der Waals surface area contributed by atoms with E-state index < -0.39 is 0 Å². The van der Waals surface area contributed by atoms with Crippen molar-refractivity contribution in [3.8, 4) is 0 Å². The minimum absolute atomic E-state index is 0.593. The molecule has 0 aliphatic heterocycles. The summed E-state index contributed by atoms with van der Waals surface area (Å²) in [6.45, 7) is 5.51. The molecule has 4 heteroatoms. The van der Waals surface area contributed by atoms with Crippen molar-refractivity contribution < 1.29 is 0 Å². The van der Waals surface area contributed by atoms with Gasteiger partial charge in [0.15, 0.2) is 0 Å². The molecule has 2 atom stereocenters. The van der Waals surface area contributed by atoms with Crippen molar-refractivity contribution in [1.82, 2.24) is 9.97 Å². The Bertz CT molecular complexity index is 422. The maximum Gasteiger partial charge on any atom is 0.137 e. The van der Waals surface area contributed by atoms with Gasteiger partial charge in [0.05, 0.1) is 0 Å². The Morgan fingerprint density at radius 1 is 1.35 bits per heavy atom. The van der Waals surface area contributed by atoms with Crippen molar-refractivity contribution >= 4 is 17.4 Å². The van der Waals surface area contributed by atoms with Crippen LogP contribution in [0.25, 0.3) is 0 Å². The van der Waals surface area contributed by atoms with E-state index >= 15 is 0 Å². The van der Waals surface area contributed by atoms with Crippen LogP contribution in [0.5, 0.6) is 0 Å². The van der Waals surface area contributed by atoms with Crippen molar-refractivity contribution in [2.75, 3.05) is 11.9 Å². The third-order valence-electron chi connectivity index (χ3n) is 4.28. The number of nitrogens with zero attached hydrogens (tertiary/aromatic N) is 2. The Labute approximate surface area is 127 Å². The van der Waals surface area contributed by atoms with Crippen molar-refractivity contribution in [1.29, 1.82) is 0 Å². The van der Waals surface area contributed by atoms with Crippen molar-refractivity contribution in [3.63, 3.8) is 0 Å². The lowest BCUT2D eigenvalue weighted by Crippen LogP contribution is -2.17. The molecule has 0 aromatic carbocycles. The second kappa shape index (κ2) is 7.82. The zero-order chi connectivity index (χ0) is 14.4. The van der Waals surface area contributed by atoms with Crippen LogP contribution in [0.15, 0.2) is 6.33 Å². The highest BCUT2D eigenvalue weighted by Gasteiger charge is 2.18. The van der Waals surface area contributed by atoms with E-state index in [4.69, 9.17) is 11.6 Å². The maximum absolute atomic E-state index is 6.16. The summed E-state index contributed by atoms with van der Waals surface area (Å²) in [5.74, 6) is 2.70. The van der Waals surface area contributed by atoms with Gasteiger partial charge >= 0.3 is 0 Å². The molecule has 1 aromatic heterocycles. The molecule has 1 saturated carbocycles. The zero-order valence-electron chi connectivity index (χ0n) is 12.7. The Morgan fingerprint density at radius 2 is 2.20 bits per heavy atom. The molecular formula is C16H26ClN3. The van der Waals surface area contributed by atoms with Gasteiger partial charge in [0.2, 0.25) is 0 Å². The van der Waals surface area contributed by atoms with Crippen LogP contribution < -0.4 is 5.32 Å². The monoisotopic (exact) mass is 295 g/mol. The molecule has 1 fully saturated rings. The number of aromatic nitrogens is 2. The number of anilines is 1. The largest absolute Gasteiger partial charge is 0.370 e. The van der Waals surface area contributed by atoms with E-state index in [0.29, 0.717) is 5.15 Å². The van der Waals surface area contributed by atoms with Gasteiger partial charge in [-0.05, 0) is 31.1 Å². The summed E-state index contributed by atoms with van der Waals surface area (Å²) in [6.07, 6.45) is 10.3. The van der Waals surface area contributed by atoms with Gasteiger partial charge in [0.1, 0.15) is 17.3 Å². The molecule has 1 aromatic rings. The average molecular weight is 296 g/mol. The summed E-state index contributed by atoms with van der Waals surface area (Å²) in [5.41, 5.74) is 1.06. The van der Waals surface area contributed by atoms with Crippen LogP contribution in [0.1, 0.15) is 57.9 Å². The summed E-state index contributed by atoms with van der Waals surface area (Å²) < 4.78 is 0. The molecule has 3 nitrogen and oxygen atoms in total. The van der Waals surface area contributed by atoms with E-state index in [0.717, 1.165) is 42.6 Å². The third-order valence-corrected chi connectivity index (χ3v) is 4.61. The lowest BCUT2D eigenvalue weighted by molar-refractivity contribution is 0.274. The van der Waals surface area contributed by atoms with E-state index in [1.165, 1.54) is 32.1 Å². The third kappa shape index (κ3) is 4.34. The fourth-order valence-electron chi connectivity index (χ4n) is 3.23. The van der Waals surface area contributed by atoms with Gasteiger partial charge in [-0.2, -0.15) is 0 Å². The second-order valence-electron chi connectivity index (χ2n) is 6.09. The van der Waals surface area contributed by atoms with Gasteiger partial charge < -0.3 is 5.32 Å². The Hall–Kier alpha value is -0.830. The lowest BCUT2D eigenvalue weighted by atomic mass is 9.81. The molecule has 1 heterocycles. The highest BCUT2D eigenvalue weighted by molar-refractivity contribution is 6.30. The Morgan fingerprint density at radius 3 is 2.95 bits per heavy atom. The van der Waals surface area contributed by atoms with Gasteiger partial charge in [-0.3, -0.25) is 0 Å². The molecule has 1 aliphatic carbocycles. The molecule has 0 amide bonds. The highest BCUT2D eigenvalue weighted by Crippen LogP contribution is 2.30. The van der Waals surface area contributed by atoms with Gasteiger partial charge in [0.25, 0.3) is 0 Å². The Balaban J connectivity index is 1.86. The summed E-state index contributed by atoms with van der Waals surface area (Å²) in [4.78, 5) is 8.43. The average Bonchev–Trinajstić information content (AvgIpc) is 2.42. The maximum atomic E-state index is 6.16. The number of hydrogen-bond acceptors (Lipinski definition) is 3. The zero-order valence-corrected chi connectivity index (χ0v) is 13.4. The molecule has 2 unspecified atom stereocenters. The summed E-state index contributed by atoms with van der Waals surface area (Å²) in [5, 5.41) is 4.06. The fourth-order valence-corrected chi connectivity index (χ4v) is 3.46. The van der Waals surface area contributed by atoms with E-state index in [2.05, 4.69) is 29.1 Å². The van der Waals surface area contributed by atoms with Crippen LogP contribution in [0.2, 0.25) is 5.15 Å². The summed E-state index contributed by atoms with van der Waals surface area (Å²) >= 11 is 6.16. The van der Waals surface area contributed by atoms with Crippen LogP contribution in [0, 0.1) is 11.8 Å². The first-order valence-corrected chi connectivity index (χ1v) is 8.31. The molecule has 1 aliphatic rings. The predicted molar refractivity (Wildman–Crippen MR) is 85.3 cm³/mol. The first-order chi connectivity index (χ1) is 9.70. The summed E-state index contributed by atoms with van der Waals surface area (Å²) in [6, 6.07) is 0. The van der Waals surface area contributed by atoms with E-state index in [1.807, 2.05) is 0 Å². The number of rotatable bonds is 6. The van der Waals surface area contributed by atoms with Crippen LogP contribution in [-0.2, 0) is 6.42 Å². The fraction of sp³-hybridized carbons (Fsp3) is 0.750. The molecule has 2 rings (SSSR count). The Kier molecular flexibility index (Phi) is 6.08. The van der Waals surface area contributed by atoms with E-state index in [9.17, 15) is 0 Å². The molecular weight excluding hydrogens is 270 g/mol. The minimum Gasteiger partial charge on any atom is -0.370 e. The standard InChI is InChI=1S/C16H26ClN3/c1-3-5-14-15(17)19-11-20-16(14)18-9-8-13-7-4-6-12(2)10-13/h11-13H,3-10H2,1-2H3,(H,18,19,20). The van der Waals surface area contributed by atoms with Gasteiger partial charge in [0, 0.05) is 12.1 Å². The number of halogens is 1. The van der Waals surface area contributed by atoms with Gasteiger partial charge in [-0.1, -0.05) is 51.1 Å².